The second kappa shape index (κ2) is 6.42. The predicted octanol–water partition coefficient (Wildman–Crippen LogP) is 0.929. The zero-order valence-electron chi connectivity index (χ0n) is 13.4. The Morgan fingerprint density at radius 1 is 1.28 bits per heavy atom. The summed E-state index contributed by atoms with van der Waals surface area (Å²) in [4.78, 5) is 0. The minimum absolute atomic E-state index is 0.215. The van der Waals surface area contributed by atoms with E-state index in [1.807, 2.05) is 42.5 Å². The molecule has 0 unspecified atom stereocenters. The summed E-state index contributed by atoms with van der Waals surface area (Å²) in [5.41, 5.74) is 4.84. The third kappa shape index (κ3) is 2.88. The normalized spacial score (nSPS) is 15.2. The van der Waals surface area contributed by atoms with Gasteiger partial charge in [-0.25, -0.2) is 5.84 Å². The fourth-order valence-corrected chi connectivity index (χ4v) is 2.74. The fourth-order valence-electron chi connectivity index (χ4n) is 2.74. The smallest absolute Gasteiger partial charge is 0.174 e. The Bertz CT molecular complexity index is 932. The van der Waals surface area contributed by atoms with Gasteiger partial charge >= 0.3 is 0 Å². The summed E-state index contributed by atoms with van der Waals surface area (Å²) in [5, 5.41) is 11.8. The number of hydrogen-bond acceptors (Lipinski definition) is 7. The molecule has 4 rings (SSSR count). The van der Waals surface area contributed by atoms with Crippen LogP contribution in [0.4, 0.5) is 0 Å². The van der Waals surface area contributed by atoms with E-state index in [2.05, 4.69) is 21.0 Å². The molecule has 8 heteroatoms. The molecule has 0 bridgehead atoms. The van der Waals surface area contributed by atoms with Crippen molar-refractivity contribution < 1.29 is 9.26 Å². The van der Waals surface area contributed by atoms with Crippen LogP contribution in [0.3, 0.4) is 0 Å². The molecule has 0 amide bonds. The molecular weight excluding hydrogens is 320 g/mol. The molecule has 6 N–H and O–H groups in total. The SMILES string of the molecule is N/N=C(\NN)c1ccc2noc(-c3cccc(OC4CNC4)c3)c2c1. The van der Waals surface area contributed by atoms with Crippen LogP contribution in [0.1, 0.15) is 5.56 Å². The number of aromatic nitrogens is 1. The van der Waals surface area contributed by atoms with Crippen molar-refractivity contribution in [2.45, 2.75) is 6.10 Å². The molecular formula is C17H18N6O2. The van der Waals surface area contributed by atoms with Crippen molar-refractivity contribution >= 4 is 16.7 Å². The molecule has 1 fully saturated rings. The van der Waals surface area contributed by atoms with Gasteiger partial charge in [0.1, 0.15) is 17.4 Å². The fraction of sp³-hybridized carbons (Fsp3) is 0.176. The Labute approximate surface area is 143 Å². The molecule has 3 aromatic rings. The predicted molar refractivity (Wildman–Crippen MR) is 94.8 cm³/mol. The average molecular weight is 338 g/mol. The number of nitrogens with two attached hydrogens (primary N) is 2. The topological polar surface area (TPSA) is 124 Å². The van der Waals surface area contributed by atoms with Gasteiger partial charge in [0.2, 0.25) is 0 Å². The molecule has 0 aliphatic carbocycles. The van der Waals surface area contributed by atoms with Crippen LogP contribution in [-0.2, 0) is 0 Å². The van der Waals surface area contributed by atoms with Crippen molar-refractivity contribution in [3.05, 3.63) is 48.0 Å². The molecule has 0 radical (unpaired) electrons. The van der Waals surface area contributed by atoms with Gasteiger partial charge in [0.05, 0.1) is 5.39 Å². The van der Waals surface area contributed by atoms with Crippen LogP contribution in [0.2, 0.25) is 0 Å². The number of benzene rings is 2. The lowest BCUT2D eigenvalue weighted by Crippen LogP contribution is -2.50. The van der Waals surface area contributed by atoms with Crippen LogP contribution in [0.5, 0.6) is 5.75 Å². The molecule has 0 atom stereocenters. The summed E-state index contributed by atoms with van der Waals surface area (Å²) in [7, 11) is 0. The maximum Gasteiger partial charge on any atom is 0.174 e. The molecule has 128 valence electrons. The summed E-state index contributed by atoms with van der Waals surface area (Å²) < 4.78 is 11.5. The van der Waals surface area contributed by atoms with E-state index in [1.165, 1.54) is 0 Å². The van der Waals surface area contributed by atoms with Crippen LogP contribution >= 0.6 is 0 Å². The van der Waals surface area contributed by atoms with Gasteiger partial charge < -0.3 is 25.8 Å². The van der Waals surface area contributed by atoms with Crippen LogP contribution in [0, 0.1) is 0 Å². The highest BCUT2D eigenvalue weighted by atomic mass is 16.5. The Balaban J connectivity index is 1.73. The molecule has 8 nitrogen and oxygen atoms in total. The lowest BCUT2D eigenvalue weighted by atomic mass is 10.1. The van der Waals surface area contributed by atoms with E-state index in [1.54, 1.807) is 0 Å². The van der Waals surface area contributed by atoms with Gasteiger partial charge in [0, 0.05) is 24.2 Å². The molecule has 0 saturated carbocycles. The van der Waals surface area contributed by atoms with Crippen molar-refractivity contribution in [2.24, 2.45) is 16.8 Å². The number of hydrazine groups is 1. The van der Waals surface area contributed by atoms with Gasteiger partial charge in [-0.15, -0.1) is 0 Å². The Kier molecular flexibility index (Phi) is 3.96. The van der Waals surface area contributed by atoms with Crippen molar-refractivity contribution in [1.29, 1.82) is 0 Å². The molecule has 1 saturated heterocycles. The first kappa shape index (κ1) is 15.4. The lowest BCUT2D eigenvalue weighted by Gasteiger charge is -2.27. The van der Waals surface area contributed by atoms with Gasteiger partial charge in [-0.3, -0.25) is 0 Å². The quantitative estimate of drug-likeness (QED) is 0.241. The highest BCUT2D eigenvalue weighted by Gasteiger charge is 2.19. The van der Waals surface area contributed by atoms with Crippen LogP contribution < -0.4 is 27.2 Å². The van der Waals surface area contributed by atoms with Crippen molar-refractivity contribution in [2.75, 3.05) is 13.1 Å². The molecule has 2 aromatic carbocycles. The maximum absolute atomic E-state index is 5.91. The molecule has 0 spiro atoms. The monoisotopic (exact) mass is 338 g/mol. The van der Waals surface area contributed by atoms with Crippen molar-refractivity contribution in [3.63, 3.8) is 0 Å². The van der Waals surface area contributed by atoms with Crippen LogP contribution in [0.15, 0.2) is 52.1 Å². The second-order valence-electron chi connectivity index (χ2n) is 5.79. The number of rotatable bonds is 4. The first-order chi connectivity index (χ1) is 12.3. The first-order valence-electron chi connectivity index (χ1n) is 7.90. The number of fused-ring (bicyclic) bond motifs is 1. The van der Waals surface area contributed by atoms with E-state index in [0.717, 1.165) is 40.9 Å². The first-order valence-corrected chi connectivity index (χ1v) is 7.90. The van der Waals surface area contributed by atoms with E-state index in [9.17, 15) is 0 Å². The van der Waals surface area contributed by atoms with E-state index in [4.69, 9.17) is 20.9 Å². The number of hydrogen-bond donors (Lipinski definition) is 4. The maximum atomic E-state index is 5.91. The average Bonchev–Trinajstić information content (AvgIpc) is 3.03. The van der Waals surface area contributed by atoms with Gasteiger partial charge in [-0.1, -0.05) is 17.3 Å². The van der Waals surface area contributed by atoms with E-state index in [-0.39, 0.29) is 6.10 Å². The second-order valence-corrected chi connectivity index (χ2v) is 5.79. The van der Waals surface area contributed by atoms with Crippen LogP contribution in [-0.4, -0.2) is 30.2 Å². The molecule has 2 heterocycles. The minimum Gasteiger partial charge on any atom is -0.488 e. The molecule has 25 heavy (non-hydrogen) atoms. The molecule has 1 aromatic heterocycles. The van der Waals surface area contributed by atoms with Crippen molar-refractivity contribution in [1.82, 2.24) is 15.9 Å². The van der Waals surface area contributed by atoms with E-state index in [0.29, 0.717) is 11.6 Å². The van der Waals surface area contributed by atoms with Gasteiger partial charge in [0.25, 0.3) is 0 Å². The minimum atomic E-state index is 0.215. The molecule has 1 aliphatic heterocycles. The number of nitrogens with zero attached hydrogens (tertiary/aromatic N) is 2. The van der Waals surface area contributed by atoms with Crippen LogP contribution in [0.25, 0.3) is 22.2 Å². The third-order valence-electron chi connectivity index (χ3n) is 4.16. The number of hydrazone groups is 1. The largest absolute Gasteiger partial charge is 0.488 e. The third-order valence-corrected chi connectivity index (χ3v) is 4.16. The van der Waals surface area contributed by atoms with Gasteiger partial charge in [-0.2, -0.15) is 5.10 Å². The number of nitrogens with one attached hydrogen (secondary N) is 2. The summed E-state index contributed by atoms with van der Waals surface area (Å²) >= 11 is 0. The van der Waals surface area contributed by atoms with Gasteiger partial charge in [0.15, 0.2) is 11.6 Å². The zero-order valence-corrected chi connectivity index (χ0v) is 13.4. The van der Waals surface area contributed by atoms with E-state index < -0.39 is 0 Å². The summed E-state index contributed by atoms with van der Waals surface area (Å²) in [5.74, 6) is 12.6. The highest BCUT2D eigenvalue weighted by molar-refractivity contribution is 6.03. The Morgan fingerprint density at radius 3 is 2.88 bits per heavy atom. The summed E-state index contributed by atoms with van der Waals surface area (Å²) in [6.45, 7) is 1.73. The number of amidine groups is 1. The summed E-state index contributed by atoms with van der Waals surface area (Å²) in [6, 6.07) is 13.3. The van der Waals surface area contributed by atoms with Gasteiger partial charge in [-0.05, 0) is 30.3 Å². The Hall–Kier alpha value is -3.10. The van der Waals surface area contributed by atoms with Crippen molar-refractivity contribution in [3.8, 4) is 17.1 Å². The zero-order chi connectivity index (χ0) is 17.2. The Morgan fingerprint density at radius 2 is 2.16 bits per heavy atom. The highest BCUT2D eigenvalue weighted by Crippen LogP contribution is 2.31. The summed E-state index contributed by atoms with van der Waals surface area (Å²) in [6.07, 6.45) is 0.215. The standard InChI is InChI=1S/C17H18N6O2/c18-21-17(22-19)11-4-5-15-14(7-11)16(25-23-15)10-2-1-3-12(6-10)24-13-8-20-9-13/h1-7,13,20H,8-9,18-19H2,(H,21,22). The molecule has 1 aliphatic rings. The van der Waals surface area contributed by atoms with E-state index >= 15 is 0 Å². The number of ether oxygens (including phenoxy) is 1. The lowest BCUT2D eigenvalue weighted by molar-refractivity contribution is 0.142.